The Balaban J connectivity index is 1.59. The highest BCUT2D eigenvalue weighted by atomic mass is 32.2. The fourth-order valence-corrected chi connectivity index (χ4v) is 8.11. The molecule has 4 rings (SSSR count). The molecular formula is C24H29N3O4S2. The maximum absolute atomic E-state index is 13.1. The minimum atomic E-state index is -3.05. The smallest absolute Gasteiger partial charge is 0.244 e. The van der Waals surface area contributed by atoms with E-state index in [-0.39, 0.29) is 35.2 Å². The van der Waals surface area contributed by atoms with E-state index >= 15 is 0 Å². The van der Waals surface area contributed by atoms with E-state index in [2.05, 4.69) is 5.32 Å². The number of rotatable bonds is 6. The standard InChI is InChI=1S/C24H29N3O4S2/c1-5-31-19-8-6-18(7-9-19)27(24-25-20-13-33(29,30)14-21(20)32-24)12-22(28)26-23-16(3)10-15(2)11-17(23)4/h6-11,20-21H,5,12-14H2,1-4H3,(H,26,28)/t20-,21+/m1/s1. The SMILES string of the molecule is CCOc1ccc(N(CC(=O)Nc2c(C)cc(C)cc2C)C2=N[C@@H]3CS(=O)(=O)C[C@@H]3S2)cc1. The van der Waals surface area contributed by atoms with Crippen molar-refractivity contribution in [3.63, 3.8) is 0 Å². The van der Waals surface area contributed by atoms with Crippen molar-refractivity contribution in [2.24, 2.45) is 4.99 Å². The highest BCUT2D eigenvalue weighted by molar-refractivity contribution is 8.15. The van der Waals surface area contributed by atoms with Gasteiger partial charge in [-0.1, -0.05) is 29.5 Å². The van der Waals surface area contributed by atoms with Gasteiger partial charge in [0.15, 0.2) is 15.0 Å². The molecule has 1 amide bonds. The van der Waals surface area contributed by atoms with Crippen LogP contribution in [0.2, 0.25) is 0 Å². The zero-order valence-electron chi connectivity index (χ0n) is 19.3. The number of nitrogens with zero attached hydrogens (tertiary/aromatic N) is 2. The Morgan fingerprint density at radius 2 is 1.82 bits per heavy atom. The van der Waals surface area contributed by atoms with Crippen LogP contribution in [-0.2, 0) is 14.6 Å². The normalized spacial score (nSPS) is 20.8. The van der Waals surface area contributed by atoms with Crippen LogP contribution in [0.15, 0.2) is 41.4 Å². The van der Waals surface area contributed by atoms with E-state index in [1.54, 1.807) is 0 Å². The molecule has 2 aliphatic rings. The molecule has 0 aromatic heterocycles. The molecule has 0 saturated carbocycles. The van der Waals surface area contributed by atoms with Crippen molar-refractivity contribution in [2.45, 2.75) is 39.0 Å². The van der Waals surface area contributed by atoms with Crippen LogP contribution in [0.25, 0.3) is 0 Å². The molecule has 2 atom stereocenters. The highest BCUT2D eigenvalue weighted by Gasteiger charge is 2.44. The van der Waals surface area contributed by atoms with Gasteiger partial charge in [0.25, 0.3) is 0 Å². The monoisotopic (exact) mass is 487 g/mol. The lowest BCUT2D eigenvalue weighted by Gasteiger charge is -2.25. The number of hydrogen-bond acceptors (Lipinski definition) is 7. The lowest BCUT2D eigenvalue weighted by Crippen LogP contribution is -2.37. The Bertz CT molecular complexity index is 1170. The molecule has 1 saturated heterocycles. The number of sulfone groups is 1. The first-order valence-corrected chi connectivity index (χ1v) is 13.7. The van der Waals surface area contributed by atoms with Gasteiger partial charge in [0.2, 0.25) is 5.91 Å². The molecule has 33 heavy (non-hydrogen) atoms. The van der Waals surface area contributed by atoms with E-state index in [0.717, 1.165) is 33.8 Å². The molecule has 2 aromatic rings. The van der Waals surface area contributed by atoms with Gasteiger partial charge in [0.1, 0.15) is 12.3 Å². The summed E-state index contributed by atoms with van der Waals surface area (Å²) >= 11 is 1.44. The molecular weight excluding hydrogens is 458 g/mol. The van der Waals surface area contributed by atoms with Crippen molar-refractivity contribution >= 4 is 44.0 Å². The van der Waals surface area contributed by atoms with Gasteiger partial charge in [-0.2, -0.15) is 0 Å². The minimum absolute atomic E-state index is 0.0682. The topological polar surface area (TPSA) is 88.1 Å². The number of hydrogen-bond donors (Lipinski definition) is 1. The molecule has 176 valence electrons. The van der Waals surface area contributed by atoms with Crippen LogP contribution in [0.1, 0.15) is 23.6 Å². The molecule has 1 fully saturated rings. The number of amides is 1. The van der Waals surface area contributed by atoms with E-state index in [0.29, 0.717) is 11.8 Å². The number of amidine groups is 1. The molecule has 1 N–H and O–H groups in total. The van der Waals surface area contributed by atoms with Crippen molar-refractivity contribution in [1.82, 2.24) is 0 Å². The first kappa shape index (κ1) is 23.6. The van der Waals surface area contributed by atoms with Crippen molar-refractivity contribution < 1.29 is 17.9 Å². The van der Waals surface area contributed by atoms with Gasteiger partial charge in [-0.25, -0.2) is 8.42 Å². The van der Waals surface area contributed by atoms with E-state index in [1.807, 2.05) is 69.0 Å². The predicted octanol–water partition coefficient (Wildman–Crippen LogP) is 3.72. The number of ether oxygens (including phenoxy) is 1. The molecule has 0 spiro atoms. The van der Waals surface area contributed by atoms with Gasteiger partial charge < -0.3 is 15.0 Å². The molecule has 2 aliphatic heterocycles. The highest BCUT2D eigenvalue weighted by Crippen LogP contribution is 2.37. The van der Waals surface area contributed by atoms with Gasteiger partial charge in [-0.15, -0.1) is 0 Å². The average Bonchev–Trinajstić information content (AvgIpc) is 3.23. The van der Waals surface area contributed by atoms with Crippen LogP contribution in [0.5, 0.6) is 5.75 Å². The van der Waals surface area contributed by atoms with Gasteiger partial charge in [-0.3, -0.25) is 9.79 Å². The second-order valence-corrected chi connectivity index (χ2v) is 11.9. The third kappa shape index (κ3) is 5.35. The largest absolute Gasteiger partial charge is 0.494 e. The summed E-state index contributed by atoms with van der Waals surface area (Å²) in [7, 11) is -3.05. The third-order valence-corrected chi connectivity index (χ3v) is 8.99. The molecule has 0 bridgehead atoms. The summed E-state index contributed by atoms with van der Waals surface area (Å²) in [6, 6.07) is 11.4. The van der Waals surface area contributed by atoms with E-state index < -0.39 is 9.84 Å². The quantitative estimate of drug-likeness (QED) is 0.668. The fourth-order valence-electron chi connectivity index (χ4n) is 4.33. The number of nitrogens with one attached hydrogen (secondary N) is 1. The summed E-state index contributed by atoms with van der Waals surface area (Å²) in [4.78, 5) is 19.7. The summed E-state index contributed by atoms with van der Waals surface area (Å²) in [5.74, 6) is 0.784. The van der Waals surface area contributed by atoms with E-state index in [1.165, 1.54) is 11.8 Å². The number of fused-ring (bicyclic) bond motifs is 1. The van der Waals surface area contributed by atoms with Crippen LogP contribution in [-0.4, -0.2) is 55.4 Å². The Hall–Kier alpha value is -2.52. The minimum Gasteiger partial charge on any atom is -0.494 e. The molecule has 7 nitrogen and oxygen atoms in total. The zero-order valence-corrected chi connectivity index (χ0v) is 20.9. The Kier molecular flexibility index (Phi) is 6.72. The van der Waals surface area contributed by atoms with Gasteiger partial charge in [0.05, 0.1) is 24.2 Å². The predicted molar refractivity (Wildman–Crippen MR) is 135 cm³/mol. The number of benzene rings is 2. The molecule has 2 aromatic carbocycles. The average molecular weight is 488 g/mol. The van der Waals surface area contributed by atoms with Crippen LogP contribution < -0.4 is 15.0 Å². The number of aliphatic imine (C=N–C) groups is 1. The van der Waals surface area contributed by atoms with E-state index in [9.17, 15) is 13.2 Å². The van der Waals surface area contributed by atoms with Crippen LogP contribution in [0.3, 0.4) is 0 Å². The summed E-state index contributed by atoms with van der Waals surface area (Å²) in [6.45, 7) is 8.57. The van der Waals surface area contributed by atoms with Gasteiger partial charge in [0, 0.05) is 16.6 Å². The number of carbonyl (C=O) groups is 1. The molecule has 0 radical (unpaired) electrons. The maximum atomic E-state index is 13.1. The summed E-state index contributed by atoms with van der Waals surface area (Å²) < 4.78 is 29.5. The summed E-state index contributed by atoms with van der Waals surface area (Å²) in [5, 5.41) is 3.64. The van der Waals surface area contributed by atoms with Crippen molar-refractivity contribution in [3.05, 3.63) is 53.1 Å². The lowest BCUT2D eigenvalue weighted by atomic mass is 10.1. The number of anilines is 2. The first-order chi connectivity index (χ1) is 15.6. The molecule has 2 heterocycles. The Morgan fingerprint density at radius 1 is 1.15 bits per heavy atom. The number of carbonyl (C=O) groups excluding carboxylic acids is 1. The second kappa shape index (κ2) is 9.38. The van der Waals surface area contributed by atoms with Gasteiger partial charge >= 0.3 is 0 Å². The molecule has 9 heteroatoms. The third-order valence-electron chi connectivity index (χ3n) is 5.74. The van der Waals surface area contributed by atoms with Crippen molar-refractivity contribution in [3.8, 4) is 5.75 Å². The van der Waals surface area contributed by atoms with Crippen LogP contribution in [0, 0.1) is 20.8 Å². The summed E-state index contributed by atoms with van der Waals surface area (Å²) in [5.41, 5.74) is 4.81. The van der Waals surface area contributed by atoms with Gasteiger partial charge in [-0.05, 0) is 63.1 Å². The second-order valence-electron chi connectivity index (χ2n) is 8.55. The number of thioether (sulfide) groups is 1. The van der Waals surface area contributed by atoms with Crippen molar-refractivity contribution in [1.29, 1.82) is 0 Å². The van der Waals surface area contributed by atoms with Crippen LogP contribution in [0.4, 0.5) is 11.4 Å². The Labute approximate surface area is 199 Å². The van der Waals surface area contributed by atoms with Crippen molar-refractivity contribution in [2.75, 3.05) is 34.9 Å². The fraction of sp³-hybridized carbons (Fsp3) is 0.417. The molecule has 0 aliphatic carbocycles. The van der Waals surface area contributed by atoms with E-state index in [4.69, 9.17) is 9.73 Å². The molecule has 0 unspecified atom stereocenters. The number of aryl methyl sites for hydroxylation is 3. The lowest BCUT2D eigenvalue weighted by molar-refractivity contribution is -0.114. The maximum Gasteiger partial charge on any atom is 0.244 e. The summed E-state index contributed by atoms with van der Waals surface area (Å²) in [6.07, 6.45) is 0. The Morgan fingerprint density at radius 3 is 2.42 bits per heavy atom. The first-order valence-electron chi connectivity index (χ1n) is 11.0. The zero-order chi connectivity index (χ0) is 23.8. The van der Waals surface area contributed by atoms with Crippen LogP contribution >= 0.6 is 11.8 Å².